The Morgan fingerprint density at radius 2 is 2.14 bits per heavy atom. The smallest absolute Gasteiger partial charge is 0.236 e. The number of amides is 1. The molecule has 3 heteroatoms. The number of hydrogen-bond acceptors (Lipinski definition) is 2. The molecule has 82 valence electrons. The maximum absolute atomic E-state index is 11.8. The van der Waals surface area contributed by atoms with Crippen LogP contribution in [0.25, 0.3) is 0 Å². The number of hydrogen-bond donors (Lipinski definition) is 1. The second-order valence-electron chi connectivity index (χ2n) is 5.18. The average Bonchev–Trinajstić information content (AvgIpc) is 2.46. The Morgan fingerprint density at radius 1 is 1.50 bits per heavy atom. The van der Waals surface area contributed by atoms with E-state index >= 15 is 0 Å². The van der Waals surface area contributed by atoms with Crippen LogP contribution in [0.15, 0.2) is 0 Å². The molecule has 3 nitrogen and oxygen atoms in total. The summed E-state index contributed by atoms with van der Waals surface area (Å²) in [7, 11) is 0. The van der Waals surface area contributed by atoms with Gasteiger partial charge in [0.05, 0.1) is 6.54 Å². The van der Waals surface area contributed by atoms with Crippen LogP contribution in [0.4, 0.5) is 0 Å². The number of likely N-dealkylation sites (tertiary alicyclic amines) is 1. The molecule has 0 radical (unpaired) electrons. The molecular weight excluding hydrogens is 176 g/mol. The van der Waals surface area contributed by atoms with E-state index in [1.165, 1.54) is 0 Å². The summed E-state index contributed by atoms with van der Waals surface area (Å²) in [6.45, 7) is 9.76. The van der Waals surface area contributed by atoms with Crippen molar-refractivity contribution in [2.45, 2.75) is 52.1 Å². The highest BCUT2D eigenvalue weighted by atomic mass is 16.2. The monoisotopic (exact) mass is 198 g/mol. The Labute approximate surface area is 86.9 Å². The summed E-state index contributed by atoms with van der Waals surface area (Å²) < 4.78 is 0. The first-order valence-electron chi connectivity index (χ1n) is 5.44. The van der Waals surface area contributed by atoms with Gasteiger partial charge in [-0.05, 0) is 40.5 Å². The summed E-state index contributed by atoms with van der Waals surface area (Å²) in [5.41, 5.74) is 0.0264. The van der Waals surface area contributed by atoms with Crippen molar-refractivity contribution in [1.82, 2.24) is 10.2 Å². The molecule has 1 saturated heterocycles. The predicted molar refractivity (Wildman–Crippen MR) is 58.2 cm³/mol. The standard InChI is InChI=1S/C11H22N2O/c1-9-6-5-7-13(9)10(14)8-12-11(2,3)4/h9,12H,5-8H2,1-4H3. The highest BCUT2D eigenvalue weighted by Gasteiger charge is 2.25. The van der Waals surface area contributed by atoms with Crippen LogP contribution >= 0.6 is 0 Å². The number of nitrogens with zero attached hydrogens (tertiary/aromatic N) is 1. The van der Waals surface area contributed by atoms with E-state index in [4.69, 9.17) is 0 Å². The number of nitrogens with one attached hydrogen (secondary N) is 1. The third-order valence-corrected chi connectivity index (χ3v) is 2.64. The van der Waals surface area contributed by atoms with Gasteiger partial charge in [0.2, 0.25) is 5.91 Å². The van der Waals surface area contributed by atoms with E-state index in [9.17, 15) is 4.79 Å². The SMILES string of the molecule is CC1CCCN1C(=O)CNC(C)(C)C. The minimum atomic E-state index is 0.0264. The highest BCUT2D eigenvalue weighted by molar-refractivity contribution is 5.78. The van der Waals surface area contributed by atoms with Gasteiger partial charge in [0.25, 0.3) is 0 Å². The Balaban J connectivity index is 2.35. The lowest BCUT2D eigenvalue weighted by molar-refractivity contribution is -0.131. The van der Waals surface area contributed by atoms with E-state index in [1.54, 1.807) is 0 Å². The second-order valence-corrected chi connectivity index (χ2v) is 5.18. The maximum Gasteiger partial charge on any atom is 0.236 e. The van der Waals surface area contributed by atoms with Crippen LogP contribution in [0.5, 0.6) is 0 Å². The fraction of sp³-hybridized carbons (Fsp3) is 0.909. The normalized spacial score (nSPS) is 22.9. The molecular formula is C11H22N2O. The van der Waals surface area contributed by atoms with E-state index in [2.05, 4.69) is 33.0 Å². The zero-order chi connectivity index (χ0) is 10.8. The first-order chi connectivity index (χ1) is 6.40. The minimum Gasteiger partial charge on any atom is -0.339 e. The Hall–Kier alpha value is -0.570. The van der Waals surface area contributed by atoms with E-state index < -0.39 is 0 Å². The van der Waals surface area contributed by atoms with Crippen LogP contribution < -0.4 is 5.32 Å². The van der Waals surface area contributed by atoms with Gasteiger partial charge in [0.15, 0.2) is 0 Å². The Morgan fingerprint density at radius 3 is 2.57 bits per heavy atom. The first kappa shape index (κ1) is 11.5. The van der Waals surface area contributed by atoms with E-state index in [0.717, 1.165) is 19.4 Å². The molecule has 14 heavy (non-hydrogen) atoms. The molecule has 1 amide bonds. The quantitative estimate of drug-likeness (QED) is 0.727. The molecule has 0 aliphatic carbocycles. The van der Waals surface area contributed by atoms with Gasteiger partial charge >= 0.3 is 0 Å². The Kier molecular flexibility index (Phi) is 3.53. The molecule has 0 saturated carbocycles. The molecule has 1 rings (SSSR count). The molecule has 1 unspecified atom stereocenters. The van der Waals surface area contributed by atoms with Crippen LogP contribution in [0.2, 0.25) is 0 Å². The van der Waals surface area contributed by atoms with E-state index in [-0.39, 0.29) is 11.4 Å². The number of rotatable bonds is 2. The lowest BCUT2D eigenvalue weighted by atomic mass is 10.1. The van der Waals surface area contributed by atoms with Crippen molar-refractivity contribution >= 4 is 5.91 Å². The molecule has 0 spiro atoms. The van der Waals surface area contributed by atoms with Crippen LogP contribution in [-0.4, -0.2) is 35.5 Å². The summed E-state index contributed by atoms with van der Waals surface area (Å²) in [6.07, 6.45) is 2.31. The average molecular weight is 198 g/mol. The second kappa shape index (κ2) is 4.30. The van der Waals surface area contributed by atoms with Crippen LogP contribution in [0, 0.1) is 0 Å². The van der Waals surface area contributed by atoms with Crippen molar-refractivity contribution in [3.63, 3.8) is 0 Å². The summed E-state index contributed by atoms with van der Waals surface area (Å²) in [4.78, 5) is 13.8. The molecule has 1 atom stereocenters. The molecule has 0 aromatic rings. The van der Waals surface area contributed by atoms with Crippen molar-refractivity contribution in [2.75, 3.05) is 13.1 Å². The van der Waals surface area contributed by atoms with E-state index in [1.807, 2.05) is 4.90 Å². The molecule has 0 aromatic carbocycles. The topological polar surface area (TPSA) is 32.3 Å². The zero-order valence-electron chi connectivity index (χ0n) is 9.76. The fourth-order valence-corrected chi connectivity index (χ4v) is 1.75. The summed E-state index contributed by atoms with van der Waals surface area (Å²) in [6, 6.07) is 0.435. The molecule has 0 bridgehead atoms. The van der Waals surface area contributed by atoms with Gasteiger partial charge < -0.3 is 10.2 Å². The molecule has 1 heterocycles. The largest absolute Gasteiger partial charge is 0.339 e. The Bertz CT molecular complexity index is 208. The van der Waals surface area contributed by atoms with Crippen molar-refractivity contribution < 1.29 is 4.79 Å². The van der Waals surface area contributed by atoms with Crippen molar-refractivity contribution in [1.29, 1.82) is 0 Å². The summed E-state index contributed by atoms with van der Waals surface area (Å²) in [5, 5.41) is 3.23. The molecule has 1 N–H and O–H groups in total. The van der Waals surface area contributed by atoms with Crippen molar-refractivity contribution in [2.24, 2.45) is 0 Å². The van der Waals surface area contributed by atoms with Gasteiger partial charge in [0, 0.05) is 18.1 Å². The van der Waals surface area contributed by atoms with Crippen LogP contribution in [0.1, 0.15) is 40.5 Å². The fourth-order valence-electron chi connectivity index (χ4n) is 1.75. The highest BCUT2D eigenvalue weighted by Crippen LogP contribution is 2.16. The molecule has 1 fully saturated rings. The van der Waals surface area contributed by atoms with Gasteiger partial charge in [-0.15, -0.1) is 0 Å². The molecule has 1 aliphatic rings. The van der Waals surface area contributed by atoms with Crippen molar-refractivity contribution in [3.8, 4) is 0 Å². The van der Waals surface area contributed by atoms with Crippen LogP contribution in [-0.2, 0) is 4.79 Å². The third-order valence-electron chi connectivity index (χ3n) is 2.64. The summed E-state index contributed by atoms with van der Waals surface area (Å²) in [5.74, 6) is 0.241. The number of carbonyl (C=O) groups is 1. The summed E-state index contributed by atoms with van der Waals surface area (Å²) >= 11 is 0. The van der Waals surface area contributed by atoms with Crippen molar-refractivity contribution in [3.05, 3.63) is 0 Å². The van der Waals surface area contributed by atoms with Crippen LogP contribution in [0.3, 0.4) is 0 Å². The molecule has 0 aromatic heterocycles. The van der Waals surface area contributed by atoms with Gasteiger partial charge in [-0.2, -0.15) is 0 Å². The van der Waals surface area contributed by atoms with E-state index in [0.29, 0.717) is 12.6 Å². The van der Waals surface area contributed by atoms with Gasteiger partial charge in [0.1, 0.15) is 0 Å². The third kappa shape index (κ3) is 3.29. The van der Waals surface area contributed by atoms with Gasteiger partial charge in [-0.1, -0.05) is 0 Å². The zero-order valence-corrected chi connectivity index (χ0v) is 9.76. The molecule has 1 aliphatic heterocycles. The number of carbonyl (C=O) groups excluding carboxylic acids is 1. The van der Waals surface area contributed by atoms with Gasteiger partial charge in [-0.3, -0.25) is 4.79 Å². The predicted octanol–water partition coefficient (Wildman–Crippen LogP) is 1.39. The minimum absolute atomic E-state index is 0.0264. The van der Waals surface area contributed by atoms with Gasteiger partial charge in [-0.25, -0.2) is 0 Å². The lowest BCUT2D eigenvalue weighted by Gasteiger charge is -2.25. The lowest BCUT2D eigenvalue weighted by Crippen LogP contribution is -2.45. The maximum atomic E-state index is 11.8. The first-order valence-corrected chi connectivity index (χ1v) is 5.44.